The second-order valence-electron chi connectivity index (χ2n) is 6.78. The minimum absolute atomic E-state index is 0. The van der Waals surface area contributed by atoms with Crippen molar-refractivity contribution in [1.82, 2.24) is 30.4 Å². The molecule has 0 radical (unpaired) electrons. The Bertz CT molecular complexity index is 935. The van der Waals surface area contributed by atoms with Crippen LogP contribution in [0.1, 0.15) is 36.6 Å². The Morgan fingerprint density at radius 3 is 2.76 bits per heavy atom. The molecule has 0 fully saturated rings. The highest BCUT2D eigenvalue weighted by Crippen LogP contribution is 2.18. The predicted molar refractivity (Wildman–Crippen MR) is 122 cm³/mol. The van der Waals surface area contributed by atoms with Crippen LogP contribution >= 0.6 is 24.0 Å². The Balaban J connectivity index is 0.00000240. The zero-order valence-electron chi connectivity index (χ0n) is 16.5. The van der Waals surface area contributed by atoms with Crippen LogP contribution in [-0.4, -0.2) is 32.8 Å². The molecule has 8 nitrogen and oxygen atoms in total. The van der Waals surface area contributed by atoms with E-state index in [0.29, 0.717) is 24.9 Å². The minimum Gasteiger partial charge on any atom is -0.444 e. The monoisotopic (exact) mass is 507 g/mol. The highest BCUT2D eigenvalue weighted by molar-refractivity contribution is 14.0. The van der Waals surface area contributed by atoms with Crippen molar-refractivity contribution >= 4 is 29.9 Å². The Kier molecular flexibility index (Phi) is 7.62. The van der Waals surface area contributed by atoms with Gasteiger partial charge in [0, 0.05) is 25.6 Å². The summed E-state index contributed by atoms with van der Waals surface area (Å²) >= 11 is 0. The first kappa shape index (κ1) is 21.3. The predicted octanol–water partition coefficient (Wildman–Crippen LogP) is 3.14. The number of guanidine groups is 1. The summed E-state index contributed by atoms with van der Waals surface area (Å²) in [5.74, 6) is 3.35. The van der Waals surface area contributed by atoms with Crippen molar-refractivity contribution in [3.8, 4) is 11.5 Å². The number of aromatic nitrogens is 4. The summed E-state index contributed by atoms with van der Waals surface area (Å²) in [6.07, 6.45) is 6.30. The topological polar surface area (TPSA) is 93.2 Å². The van der Waals surface area contributed by atoms with E-state index in [9.17, 15) is 0 Å². The van der Waals surface area contributed by atoms with Crippen molar-refractivity contribution in [3.05, 3.63) is 53.9 Å². The number of rotatable bonds is 5. The molecule has 9 heteroatoms. The second-order valence-corrected chi connectivity index (χ2v) is 6.78. The van der Waals surface area contributed by atoms with Gasteiger partial charge in [0.25, 0.3) is 0 Å². The molecule has 0 saturated carbocycles. The lowest BCUT2D eigenvalue weighted by Gasteiger charge is -2.11. The quantitative estimate of drug-likeness (QED) is 0.313. The summed E-state index contributed by atoms with van der Waals surface area (Å²) in [7, 11) is 1.75. The maximum Gasteiger partial charge on any atom is 0.226 e. The molecule has 0 amide bonds. The number of oxazole rings is 1. The fraction of sp³-hybridized carbons (Fsp3) is 0.400. The van der Waals surface area contributed by atoms with E-state index in [1.54, 1.807) is 13.3 Å². The third-order valence-electron chi connectivity index (χ3n) is 4.83. The smallest absolute Gasteiger partial charge is 0.226 e. The van der Waals surface area contributed by atoms with Crippen LogP contribution in [0.25, 0.3) is 11.5 Å². The van der Waals surface area contributed by atoms with Gasteiger partial charge in [0.1, 0.15) is 12.1 Å². The standard InChI is InChI=1S/C20H25N7O.HI/c1-21-20(23-13-18-26-25-17-10-6-3-7-11-27(17)18)22-12-16-14-28-19(24-16)15-8-4-2-5-9-15;/h2,4-5,8-9,14H,3,6-7,10-13H2,1H3,(H2,21,22,23);1H. The summed E-state index contributed by atoms with van der Waals surface area (Å²) < 4.78 is 7.81. The van der Waals surface area contributed by atoms with Crippen LogP contribution in [-0.2, 0) is 26.1 Å². The fourth-order valence-corrected chi connectivity index (χ4v) is 3.34. The van der Waals surface area contributed by atoms with Crippen LogP contribution in [0.2, 0.25) is 0 Å². The summed E-state index contributed by atoms with van der Waals surface area (Å²) in [5.41, 5.74) is 1.78. The van der Waals surface area contributed by atoms with Gasteiger partial charge in [0.2, 0.25) is 5.89 Å². The molecular weight excluding hydrogens is 481 g/mol. The van der Waals surface area contributed by atoms with Crippen molar-refractivity contribution < 1.29 is 4.42 Å². The van der Waals surface area contributed by atoms with Crippen LogP contribution in [0.5, 0.6) is 0 Å². The van der Waals surface area contributed by atoms with Crippen molar-refractivity contribution in [2.75, 3.05) is 7.05 Å². The van der Waals surface area contributed by atoms with Gasteiger partial charge in [-0.1, -0.05) is 24.6 Å². The molecule has 3 heterocycles. The van der Waals surface area contributed by atoms with Crippen molar-refractivity contribution in [1.29, 1.82) is 0 Å². The molecule has 0 atom stereocenters. The molecule has 2 N–H and O–H groups in total. The first-order chi connectivity index (χ1) is 13.8. The second kappa shape index (κ2) is 10.4. The number of nitrogens with one attached hydrogen (secondary N) is 2. The molecule has 0 aliphatic carbocycles. The van der Waals surface area contributed by atoms with Crippen LogP contribution in [0, 0.1) is 0 Å². The molecule has 1 aliphatic rings. The van der Waals surface area contributed by atoms with Crippen molar-refractivity contribution in [3.63, 3.8) is 0 Å². The average Bonchev–Trinajstić information content (AvgIpc) is 3.29. The number of benzene rings is 1. The molecular formula is C20H26IN7O. The van der Waals surface area contributed by atoms with Gasteiger partial charge in [0.05, 0.1) is 18.8 Å². The zero-order chi connectivity index (χ0) is 19.2. The molecule has 0 saturated heterocycles. The number of aryl methyl sites for hydroxylation is 1. The van der Waals surface area contributed by atoms with Gasteiger partial charge < -0.3 is 19.6 Å². The molecule has 0 spiro atoms. The van der Waals surface area contributed by atoms with E-state index in [1.807, 2.05) is 30.3 Å². The van der Waals surface area contributed by atoms with Gasteiger partial charge in [0.15, 0.2) is 11.8 Å². The van der Waals surface area contributed by atoms with Gasteiger partial charge in [-0.2, -0.15) is 0 Å². The summed E-state index contributed by atoms with van der Waals surface area (Å²) in [4.78, 5) is 8.80. The summed E-state index contributed by atoms with van der Waals surface area (Å²) in [6.45, 7) is 2.10. The molecule has 4 rings (SSSR count). The van der Waals surface area contributed by atoms with Gasteiger partial charge in [-0.25, -0.2) is 4.98 Å². The first-order valence-electron chi connectivity index (χ1n) is 9.69. The Hall–Kier alpha value is -2.43. The lowest BCUT2D eigenvalue weighted by Crippen LogP contribution is -2.37. The van der Waals surface area contributed by atoms with Gasteiger partial charge in [-0.3, -0.25) is 4.99 Å². The lowest BCUT2D eigenvalue weighted by molar-refractivity contribution is 0.572. The molecule has 154 valence electrons. The van der Waals surface area contributed by atoms with Crippen LogP contribution in [0.4, 0.5) is 0 Å². The molecule has 1 aromatic carbocycles. The molecule has 0 bridgehead atoms. The Labute approximate surface area is 187 Å². The van der Waals surface area contributed by atoms with E-state index in [4.69, 9.17) is 4.42 Å². The number of aliphatic imine (C=N–C) groups is 1. The number of hydrogen-bond donors (Lipinski definition) is 2. The fourth-order valence-electron chi connectivity index (χ4n) is 3.34. The Morgan fingerprint density at radius 2 is 1.93 bits per heavy atom. The van der Waals surface area contributed by atoms with Gasteiger partial charge >= 0.3 is 0 Å². The summed E-state index contributed by atoms with van der Waals surface area (Å²) in [6, 6.07) is 9.86. The normalized spacial score (nSPS) is 13.9. The lowest BCUT2D eigenvalue weighted by atomic mass is 10.2. The highest BCUT2D eigenvalue weighted by Gasteiger charge is 2.15. The van der Waals surface area contributed by atoms with E-state index in [1.165, 1.54) is 19.3 Å². The van der Waals surface area contributed by atoms with E-state index in [0.717, 1.165) is 35.9 Å². The first-order valence-corrected chi connectivity index (χ1v) is 9.69. The third-order valence-corrected chi connectivity index (χ3v) is 4.83. The largest absolute Gasteiger partial charge is 0.444 e. The molecule has 0 unspecified atom stereocenters. The highest BCUT2D eigenvalue weighted by atomic mass is 127. The van der Waals surface area contributed by atoms with E-state index < -0.39 is 0 Å². The number of hydrogen-bond acceptors (Lipinski definition) is 5. The van der Waals surface area contributed by atoms with E-state index >= 15 is 0 Å². The van der Waals surface area contributed by atoms with Crippen LogP contribution < -0.4 is 10.6 Å². The van der Waals surface area contributed by atoms with E-state index in [2.05, 4.69) is 35.4 Å². The maximum atomic E-state index is 5.58. The SMILES string of the molecule is CN=C(NCc1coc(-c2ccccc2)n1)NCc1nnc2n1CCCCC2.I. The average molecular weight is 507 g/mol. The van der Waals surface area contributed by atoms with Crippen LogP contribution in [0.3, 0.4) is 0 Å². The summed E-state index contributed by atoms with van der Waals surface area (Å²) in [5, 5.41) is 15.2. The zero-order valence-corrected chi connectivity index (χ0v) is 18.8. The van der Waals surface area contributed by atoms with E-state index in [-0.39, 0.29) is 24.0 Å². The molecule has 1 aliphatic heterocycles. The van der Waals surface area contributed by atoms with Crippen molar-refractivity contribution in [2.24, 2.45) is 4.99 Å². The van der Waals surface area contributed by atoms with Gasteiger partial charge in [-0.05, 0) is 25.0 Å². The maximum absolute atomic E-state index is 5.58. The minimum atomic E-state index is 0. The number of halogens is 1. The van der Waals surface area contributed by atoms with Gasteiger partial charge in [-0.15, -0.1) is 34.2 Å². The molecule has 3 aromatic rings. The van der Waals surface area contributed by atoms with Crippen LogP contribution in [0.15, 0.2) is 46.0 Å². The molecule has 2 aromatic heterocycles. The number of fused-ring (bicyclic) bond motifs is 1. The third kappa shape index (κ3) is 5.34. The Morgan fingerprint density at radius 1 is 1.10 bits per heavy atom. The van der Waals surface area contributed by atoms with Crippen molar-refractivity contribution in [2.45, 2.75) is 45.3 Å². The molecule has 29 heavy (non-hydrogen) atoms. The number of nitrogens with zero attached hydrogens (tertiary/aromatic N) is 5.